The average molecular weight is 351 g/mol. The highest BCUT2D eigenvalue weighted by Gasteiger charge is 2.21. The smallest absolute Gasteiger partial charge is 0.0421 e. The van der Waals surface area contributed by atoms with E-state index in [1.165, 1.54) is 20.3 Å². The summed E-state index contributed by atoms with van der Waals surface area (Å²) in [5, 5.41) is 0. The Morgan fingerprint density at radius 2 is 1.56 bits per heavy atom. The van der Waals surface area contributed by atoms with E-state index in [2.05, 4.69) is 85.0 Å². The fourth-order valence-corrected chi connectivity index (χ4v) is 2.42. The first-order chi connectivity index (χ1) is 8.47. The summed E-state index contributed by atoms with van der Waals surface area (Å²) >= 11 is 2.32. The third-order valence-electron chi connectivity index (χ3n) is 3.20. The zero-order valence-corrected chi connectivity index (χ0v) is 12.9. The molecule has 0 radical (unpaired) electrons. The van der Waals surface area contributed by atoms with Gasteiger partial charge in [-0.2, -0.15) is 0 Å². The van der Waals surface area contributed by atoms with Gasteiger partial charge in [-0.3, -0.25) is 0 Å². The van der Waals surface area contributed by atoms with Gasteiger partial charge in [0.05, 0.1) is 0 Å². The molecular formula is C16H18IN. The minimum absolute atomic E-state index is 0.319. The molecule has 0 aliphatic rings. The lowest BCUT2D eigenvalue weighted by Gasteiger charge is -2.25. The Kier molecular flexibility index (Phi) is 4.07. The molecule has 1 nitrogen and oxygen atoms in total. The lowest BCUT2D eigenvalue weighted by atomic mass is 9.86. The Labute approximate surface area is 123 Å². The Balaban J connectivity index is 2.20. The van der Waals surface area contributed by atoms with Gasteiger partial charge in [-0.25, -0.2) is 0 Å². The van der Waals surface area contributed by atoms with Crippen LogP contribution in [0.25, 0.3) is 0 Å². The highest BCUT2D eigenvalue weighted by atomic mass is 127. The molecule has 0 aliphatic heterocycles. The molecule has 2 rings (SSSR count). The zero-order valence-electron chi connectivity index (χ0n) is 10.8. The van der Waals surface area contributed by atoms with E-state index >= 15 is 0 Å². The van der Waals surface area contributed by atoms with Crippen LogP contribution in [-0.2, 0) is 12.0 Å². The van der Waals surface area contributed by atoms with Crippen LogP contribution in [0, 0.1) is 10.5 Å². The highest BCUT2D eigenvalue weighted by Crippen LogP contribution is 2.23. The van der Waals surface area contributed by atoms with E-state index in [0.29, 0.717) is 0 Å². The Hall–Kier alpha value is -0.870. The Morgan fingerprint density at radius 1 is 1.00 bits per heavy atom. The fraction of sp³-hybridized carbons (Fsp3) is 0.250. The maximum Gasteiger partial charge on any atom is 0.0421 e. The minimum Gasteiger partial charge on any atom is -0.321 e. The number of benzene rings is 2. The van der Waals surface area contributed by atoms with Gasteiger partial charge in [0.2, 0.25) is 0 Å². The summed E-state index contributed by atoms with van der Waals surface area (Å²) in [4.78, 5) is 0. The van der Waals surface area contributed by atoms with Crippen LogP contribution < -0.4 is 5.73 Å². The molecule has 1 atom stereocenters. The highest BCUT2D eigenvalue weighted by molar-refractivity contribution is 14.1. The van der Waals surface area contributed by atoms with E-state index in [1.807, 2.05) is 0 Å². The van der Waals surface area contributed by atoms with Crippen molar-refractivity contribution in [3.63, 3.8) is 0 Å². The van der Waals surface area contributed by atoms with E-state index in [0.717, 1.165) is 6.42 Å². The van der Waals surface area contributed by atoms with Crippen LogP contribution in [0.2, 0.25) is 0 Å². The van der Waals surface area contributed by atoms with Crippen molar-refractivity contribution in [1.29, 1.82) is 0 Å². The molecule has 1 unspecified atom stereocenters. The molecular weight excluding hydrogens is 333 g/mol. The van der Waals surface area contributed by atoms with Gasteiger partial charge in [0.15, 0.2) is 0 Å². The van der Waals surface area contributed by atoms with E-state index < -0.39 is 0 Å². The SMILES string of the molecule is Cc1ccc(C(C)(N)Cc2ccc(I)cc2)cc1. The number of hydrogen-bond donors (Lipinski definition) is 1. The molecule has 0 saturated heterocycles. The van der Waals surface area contributed by atoms with Crippen LogP contribution in [0.15, 0.2) is 48.5 Å². The summed E-state index contributed by atoms with van der Waals surface area (Å²) in [5.41, 5.74) is 9.87. The molecule has 0 heterocycles. The molecule has 0 fully saturated rings. The predicted molar refractivity (Wildman–Crippen MR) is 85.6 cm³/mol. The molecule has 2 heteroatoms. The lowest BCUT2D eigenvalue weighted by Crippen LogP contribution is -2.35. The summed E-state index contributed by atoms with van der Waals surface area (Å²) < 4.78 is 1.26. The first kappa shape index (κ1) is 13.6. The molecule has 0 spiro atoms. The van der Waals surface area contributed by atoms with Crippen molar-refractivity contribution in [2.75, 3.05) is 0 Å². The van der Waals surface area contributed by atoms with Crippen LogP contribution in [0.1, 0.15) is 23.6 Å². The summed E-state index contributed by atoms with van der Waals surface area (Å²) in [6.07, 6.45) is 0.854. The van der Waals surface area contributed by atoms with Crippen molar-refractivity contribution in [2.45, 2.75) is 25.8 Å². The first-order valence-corrected chi connectivity index (χ1v) is 7.16. The summed E-state index contributed by atoms with van der Waals surface area (Å²) in [6.45, 7) is 4.19. The van der Waals surface area contributed by atoms with Gasteiger partial charge in [0.1, 0.15) is 0 Å². The molecule has 2 N–H and O–H groups in total. The monoisotopic (exact) mass is 351 g/mol. The maximum atomic E-state index is 6.46. The lowest BCUT2D eigenvalue weighted by molar-refractivity contribution is 0.491. The number of aryl methyl sites for hydroxylation is 1. The maximum absolute atomic E-state index is 6.46. The van der Waals surface area contributed by atoms with Gasteiger partial charge in [0.25, 0.3) is 0 Å². The van der Waals surface area contributed by atoms with Crippen molar-refractivity contribution in [3.8, 4) is 0 Å². The third kappa shape index (κ3) is 3.33. The largest absolute Gasteiger partial charge is 0.321 e. The van der Waals surface area contributed by atoms with Crippen molar-refractivity contribution >= 4 is 22.6 Å². The second-order valence-corrected chi connectivity index (χ2v) is 6.33. The second-order valence-electron chi connectivity index (χ2n) is 5.09. The van der Waals surface area contributed by atoms with Crippen LogP contribution >= 0.6 is 22.6 Å². The van der Waals surface area contributed by atoms with Gasteiger partial charge in [0, 0.05) is 9.11 Å². The van der Waals surface area contributed by atoms with Crippen LogP contribution in [0.5, 0.6) is 0 Å². The van der Waals surface area contributed by atoms with Gasteiger partial charge in [-0.15, -0.1) is 0 Å². The third-order valence-corrected chi connectivity index (χ3v) is 3.91. The first-order valence-electron chi connectivity index (χ1n) is 6.08. The average Bonchev–Trinajstić information content (AvgIpc) is 2.32. The van der Waals surface area contributed by atoms with E-state index in [1.54, 1.807) is 0 Å². The number of halogens is 1. The van der Waals surface area contributed by atoms with Crippen molar-refractivity contribution in [3.05, 3.63) is 68.8 Å². The molecule has 0 aliphatic carbocycles. The van der Waals surface area contributed by atoms with E-state index in [9.17, 15) is 0 Å². The van der Waals surface area contributed by atoms with Gasteiger partial charge >= 0.3 is 0 Å². The molecule has 0 aromatic heterocycles. The van der Waals surface area contributed by atoms with E-state index in [4.69, 9.17) is 5.73 Å². The molecule has 0 saturated carbocycles. The minimum atomic E-state index is -0.319. The number of rotatable bonds is 3. The molecule has 2 aromatic carbocycles. The molecule has 2 aromatic rings. The molecule has 94 valence electrons. The zero-order chi connectivity index (χ0) is 13.2. The van der Waals surface area contributed by atoms with E-state index in [-0.39, 0.29) is 5.54 Å². The summed E-state index contributed by atoms with van der Waals surface area (Å²) in [7, 11) is 0. The van der Waals surface area contributed by atoms with Crippen LogP contribution in [0.3, 0.4) is 0 Å². The number of nitrogens with two attached hydrogens (primary N) is 1. The normalized spacial score (nSPS) is 14.2. The molecule has 0 amide bonds. The summed E-state index contributed by atoms with van der Waals surface area (Å²) in [5.74, 6) is 0. The quantitative estimate of drug-likeness (QED) is 0.831. The molecule has 0 bridgehead atoms. The van der Waals surface area contributed by atoms with Crippen LogP contribution in [-0.4, -0.2) is 0 Å². The van der Waals surface area contributed by atoms with Gasteiger partial charge in [-0.1, -0.05) is 42.0 Å². The van der Waals surface area contributed by atoms with Gasteiger partial charge < -0.3 is 5.73 Å². The summed E-state index contributed by atoms with van der Waals surface area (Å²) in [6, 6.07) is 17.1. The molecule has 18 heavy (non-hydrogen) atoms. The Bertz CT molecular complexity index is 512. The Morgan fingerprint density at radius 3 is 2.11 bits per heavy atom. The van der Waals surface area contributed by atoms with Crippen LogP contribution in [0.4, 0.5) is 0 Å². The van der Waals surface area contributed by atoms with Gasteiger partial charge in [-0.05, 0) is 66.1 Å². The number of hydrogen-bond acceptors (Lipinski definition) is 1. The standard InChI is InChI=1S/C16H18IN/c1-12-3-7-14(8-4-12)16(2,18)11-13-5-9-15(17)10-6-13/h3-10H,11,18H2,1-2H3. The van der Waals surface area contributed by atoms with Crippen molar-refractivity contribution < 1.29 is 0 Å². The van der Waals surface area contributed by atoms with Crippen molar-refractivity contribution in [2.24, 2.45) is 5.73 Å². The second kappa shape index (κ2) is 5.41. The topological polar surface area (TPSA) is 26.0 Å². The van der Waals surface area contributed by atoms with Crippen molar-refractivity contribution in [1.82, 2.24) is 0 Å². The predicted octanol–water partition coefficient (Wildman–Crippen LogP) is 4.02. The fourth-order valence-electron chi connectivity index (χ4n) is 2.06.